The van der Waals surface area contributed by atoms with Crippen LogP contribution in [0.1, 0.15) is 12.8 Å². The Balaban J connectivity index is 2.35. The van der Waals surface area contributed by atoms with Crippen molar-refractivity contribution < 1.29 is 9.90 Å². The molecule has 0 radical (unpaired) electrons. The highest BCUT2D eigenvalue weighted by Gasteiger charge is 2.04. The van der Waals surface area contributed by atoms with E-state index in [1.807, 2.05) is 24.1 Å². The molecule has 3 nitrogen and oxygen atoms in total. The molecule has 1 rings (SSSR count). The molecule has 1 aromatic heterocycles. The molecule has 0 unspecified atom stereocenters. The summed E-state index contributed by atoms with van der Waals surface area (Å²) in [5.74, 6) is -0.748. The van der Waals surface area contributed by atoms with Crippen LogP contribution in [0.4, 0.5) is 5.00 Å². The van der Waals surface area contributed by atoms with Crippen molar-refractivity contribution in [2.45, 2.75) is 12.8 Å². The Labute approximate surface area is 91.9 Å². The van der Waals surface area contributed by atoms with Crippen LogP contribution < -0.4 is 4.90 Å². The van der Waals surface area contributed by atoms with Crippen LogP contribution in [0.25, 0.3) is 0 Å². The molecule has 0 aromatic carbocycles. The standard InChI is InChI=1S/C9H12ClNO2S/c1-11(6-2-3-9(12)13)8-5-4-7(10)14-8/h4-5H,2-3,6H2,1H3,(H,12,13). The first kappa shape index (κ1) is 11.3. The zero-order valence-corrected chi connectivity index (χ0v) is 9.44. The Morgan fingerprint density at radius 1 is 1.64 bits per heavy atom. The highest BCUT2D eigenvalue weighted by atomic mass is 35.5. The van der Waals surface area contributed by atoms with E-state index in [-0.39, 0.29) is 6.42 Å². The summed E-state index contributed by atoms with van der Waals surface area (Å²) in [6.07, 6.45) is 0.866. The Morgan fingerprint density at radius 3 is 2.86 bits per heavy atom. The number of hydrogen-bond donors (Lipinski definition) is 1. The summed E-state index contributed by atoms with van der Waals surface area (Å²) in [4.78, 5) is 12.3. The van der Waals surface area contributed by atoms with Gasteiger partial charge in [-0.25, -0.2) is 0 Å². The lowest BCUT2D eigenvalue weighted by Gasteiger charge is -2.15. The second-order valence-corrected chi connectivity index (χ2v) is 4.69. The third kappa shape index (κ3) is 3.55. The zero-order chi connectivity index (χ0) is 10.6. The Kier molecular flexibility index (Phi) is 4.22. The minimum atomic E-state index is -0.748. The molecule has 0 amide bonds. The van der Waals surface area contributed by atoms with Crippen LogP contribution in [0.3, 0.4) is 0 Å². The molecule has 5 heteroatoms. The van der Waals surface area contributed by atoms with Crippen molar-refractivity contribution in [1.29, 1.82) is 0 Å². The van der Waals surface area contributed by atoms with Gasteiger partial charge in [0, 0.05) is 20.0 Å². The molecule has 0 aliphatic rings. The van der Waals surface area contributed by atoms with E-state index in [0.29, 0.717) is 6.42 Å². The van der Waals surface area contributed by atoms with E-state index < -0.39 is 5.97 Å². The first-order valence-corrected chi connectivity index (χ1v) is 5.47. The van der Waals surface area contributed by atoms with Gasteiger partial charge in [-0.15, -0.1) is 11.3 Å². The van der Waals surface area contributed by atoms with E-state index in [2.05, 4.69) is 0 Å². The molecule has 1 aromatic rings. The lowest BCUT2D eigenvalue weighted by molar-refractivity contribution is -0.137. The fourth-order valence-electron chi connectivity index (χ4n) is 1.09. The number of carboxylic acid groups (broad SMARTS) is 1. The van der Waals surface area contributed by atoms with Gasteiger partial charge in [0.25, 0.3) is 0 Å². The van der Waals surface area contributed by atoms with Gasteiger partial charge in [-0.3, -0.25) is 4.79 Å². The van der Waals surface area contributed by atoms with Crippen LogP contribution in [0.15, 0.2) is 12.1 Å². The zero-order valence-electron chi connectivity index (χ0n) is 7.86. The smallest absolute Gasteiger partial charge is 0.303 e. The van der Waals surface area contributed by atoms with E-state index in [0.717, 1.165) is 15.9 Å². The molecule has 0 spiro atoms. The first-order chi connectivity index (χ1) is 6.59. The van der Waals surface area contributed by atoms with Crippen LogP contribution in [-0.4, -0.2) is 24.7 Å². The maximum Gasteiger partial charge on any atom is 0.303 e. The number of thiophene rings is 1. The Bertz CT molecular complexity index is 314. The van der Waals surface area contributed by atoms with E-state index in [1.165, 1.54) is 11.3 Å². The van der Waals surface area contributed by atoms with Gasteiger partial charge >= 0.3 is 5.97 Å². The van der Waals surface area contributed by atoms with E-state index in [4.69, 9.17) is 16.7 Å². The Morgan fingerprint density at radius 2 is 2.36 bits per heavy atom. The maximum atomic E-state index is 10.3. The van der Waals surface area contributed by atoms with Crippen molar-refractivity contribution >= 4 is 33.9 Å². The number of carboxylic acids is 1. The van der Waals surface area contributed by atoms with E-state index >= 15 is 0 Å². The van der Waals surface area contributed by atoms with Gasteiger partial charge in [0.15, 0.2) is 0 Å². The predicted octanol–water partition coefficient (Wildman–Crippen LogP) is 2.70. The fourth-order valence-corrected chi connectivity index (χ4v) is 2.11. The van der Waals surface area contributed by atoms with Crippen LogP contribution in [0.2, 0.25) is 4.34 Å². The number of rotatable bonds is 5. The average molecular weight is 234 g/mol. The first-order valence-electron chi connectivity index (χ1n) is 4.28. The quantitative estimate of drug-likeness (QED) is 0.850. The summed E-state index contributed by atoms with van der Waals surface area (Å²) in [7, 11) is 1.93. The number of anilines is 1. The number of aliphatic carboxylic acids is 1. The molecule has 0 saturated carbocycles. The molecular formula is C9H12ClNO2S. The van der Waals surface area contributed by atoms with Gasteiger partial charge in [0.2, 0.25) is 0 Å². The molecule has 1 heterocycles. The third-order valence-electron chi connectivity index (χ3n) is 1.82. The molecule has 1 N–H and O–H groups in total. The summed E-state index contributed by atoms with van der Waals surface area (Å²) >= 11 is 7.29. The van der Waals surface area contributed by atoms with E-state index in [1.54, 1.807) is 0 Å². The van der Waals surface area contributed by atoms with Crippen molar-refractivity contribution in [3.05, 3.63) is 16.5 Å². The number of hydrogen-bond acceptors (Lipinski definition) is 3. The monoisotopic (exact) mass is 233 g/mol. The third-order valence-corrected chi connectivity index (χ3v) is 3.16. The molecule has 0 fully saturated rings. The van der Waals surface area contributed by atoms with Crippen molar-refractivity contribution in [2.24, 2.45) is 0 Å². The van der Waals surface area contributed by atoms with E-state index in [9.17, 15) is 4.79 Å². The predicted molar refractivity (Wildman–Crippen MR) is 59.5 cm³/mol. The second kappa shape index (κ2) is 5.22. The van der Waals surface area contributed by atoms with Crippen molar-refractivity contribution in [3.8, 4) is 0 Å². The Hall–Kier alpha value is -0.740. The van der Waals surface area contributed by atoms with Gasteiger partial charge in [-0.05, 0) is 18.6 Å². The number of carbonyl (C=O) groups is 1. The summed E-state index contributed by atoms with van der Waals surface area (Å²) in [6, 6.07) is 3.78. The minimum Gasteiger partial charge on any atom is -0.481 e. The van der Waals surface area contributed by atoms with Crippen molar-refractivity contribution in [2.75, 3.05) is 18.5 Å². The van der Waals surface area contributed by atoms with Gasteiger partial charge in [0.05, 0.1) is 9.34 Å². The normalized spacial score (nSPS) is 10.1. The molecule has 78 valence electrons. The molecule has 0 saturated heterocycles. The number of nitrogens with zero attached hydrogens (tertiary/aromatic N) is 1. The van der Waals surface area contributed by atoms with Crippen LogP contribution in [0.5, 0.6) is 0 Å². The van der Waals surface area contributed by atoms with Gasteiger partial charge in [0.1, 0.15) is 0 Å². The lowest BCUT2D eigenvalue weighted by atomic mass is 10.3. The minimum absolute atomic E-state index is 0.212. The second-order valence-electron chi connectivity index (χ2n) is 3.00. The molecular weight excluding hydrogens is 222 g/mol. The summed E-state index contributed by atoms with van der Waals surface area (Å²) in [6.45, 7) is 0.739. The van der Waals surface area contributed by atoms with Crippen molar-refractivity contribution in [3.63, 3.8) is 0 Å². The summed E-state index contributed by atoms with van der Waals surface area (Å²) < 4.78 is 0.755. The molecule has 0 aliphatic carbocycles. The molecule has 0 bridgehead atoms. The van der Waals surface area contributed by atoms with Gasteiger partial charge in [-0.1, -0.05) is 11.6 Å². The number of halogens is 1. The summed E-state index contributed by atoms with van der Waals surface area (Å²) in [5, 5.41) is 9.53. The fraction of sp³-hybridized carbons (Fsp3) is 0.444. The lowest BCUT2D eigenvalue weighted by Crippen LogP contribution is -2.17. The SMILES string of the molecule is CN(CCCC(=O)O)c1ccc(Cl)s1. The van der Waals surface area contributed by atoms with Crippen LogP contribution in [0, 0.1) is 0 Å². The summed E-state index contributed by atoms with van der Waals surface area (Å²) in [5.41, 5.74) is 0. The molecule has 0 atom stereocenters. The highest BCUT2D eigenvalue weighted by molar-refractivity contribution is 7.19. The van der Waals surface area contributed by atoms with Gasteiger partial charge in [-0.2, -0.15) is 0 Å². The van der Waals surface area contributed by atoms with Crippen molar-refractivity contribution in [1.82, 2.24) is 0 Å². The maximum absolute atomic E-state index is 10.3. The highest BCUT2D eigenvalue weighted by Crippen LogP contribution is 2.28. The van der Waals surface area contributed by atoms with Gasteiger partial charge < -0.3 is 10.0 Å². The van der Waals surface area contributed by atoms with Crippen LogP contribution in [-0.2, 0) is 4.79 Å². The largest absolute Gasteiger partial charge is 0.481 e. The topological polar surface area (TPSA) is 40.5 Å². The van der Waals surface area contributed by atoms with Crippen LogP contribution >= 0.6 is 22.9 Å². The average Bonchev–Trinajstić information content (AvgIpc) is 2.51. The molecule has 14 heavy (non-hydrogen) atoms. The molecule has 0 aliphatic heterocycles.